The van der Waals surface area contributed by atoms with Crippen LogP contribution < -0.4 is 15.4 Å². The van der Waals surface area contributed by atoms with Crippen LogP contribution in [-0.4, -0.2) is 62.7 Å². The fraction of sp³-hybridized carbons (Fsp3) is 0.611. The van der Waals surface area contributed by atoms with Crippen molar-refractivity contribution < 1.29 is 13.2 Å². The molecule has 3 rings (SSSR count). The fourth-order valence-corrected chi connectivity index (χ4v) is 5.60. The smallest absolute Gasteiger partial charge is 0.166 e. The van der Waals surface area contributed by atoms with Crippen LogP contribution >= 0.6 is 12.2 Å². The summed E-state index contributed by atoms with van der Waals surface area (Å²) in [5.41, 5.74) is 1.23. The first-order valence-corrected chi connectivity index (χ1v) is 11.3. The average molecular weight is 398 g/mol. The van der Waals surface area contributed by atoms with Crippen LogP contribution in [0.2, 0.25) is 0 Å². The quantitative estimate of drug-likeness (QED) is 0.705. The summed E-state index contributed by atoms with van der Waals surface area (Å²) in [6, 6.07) is 8.32. The Morgan fingerprint density at radius 3 is 2.58 bits per heavy atom. The van der Waals surface area contributed by atoms with Crippen LogP contribution in [0.3, 0.4) is 0 Å². The third-order valence-electron chi connectivity index (χ3n) is 5.11. The largest absolute Gasteiger partial charge is 0.497 e. The molecule has 2 fully saturated rings. The second-order valence-electron chi connectivity index (χ2n) is 6.99. The van der Waals surface area contributed by atoms with Crippen molar-refractivity contribution >= 4 is 27.2 Å². The monoisotopic (exact) mass is 397 g/mol. The van der Waals surface area contributed by atoms with Gasteiger partial charge in [-0.05, 0) is 62.3 Å². The van der Waals surface area contributed by atoms with Crippen LogP contribution in [0.15, 0.2) is 24.3 Å². The minimum atomic E-state index is -2.91. The van der Waals surface area contributed by atoms with E-state index in [1.807, 2.05) is 12.1 Å². The molecule has 1 aromatic rings. The Morgan fingerprint density at radius 2 is 2.00 bits per heavy atom. The maximum atomic E-state index is 11.6. The predicted molar refractivity (Wildman–Crippen MR) is 107 cm³/mol. The number of likely N-dealkylation sites (tertiary alicyclic amines) is 1. The molecule has 2 N–H and O–H groups in total. The van der Waals surface area contributed by atoms with E-state index in [1.165, 1.54) is 18.4 Å². The molecule has 26 heavy (non-hydrogen) atoms. The molecule has 144 valence electrons. The van der Waals surface area contributed by atoms with Gasteiger partial charge in [0.2, 0.25) is 0 Å². The number of hydrogen-bond acceptors (Lipinski definition) is 5. The summed E-state index contributed by atoms with van der Waals surface area (Å²) in [6.07, 6.45) is 3.06. The highest BCUT2D eigenvalue weighted by Gasteiger charge is 2.29. The van der Waals surface area contributed by atoms with Crippen LogP contribution in [-0.2, 0) is 9.84 Å². The van der Waals surface area contributed by atoms with E-state index in [4.69, 9.17) is 17.0 Å². The SMILES string of the molecule is COc1ccc([C@@H](CNC(=S)N[C@H]2CCS(=O)(=O)C2)N2CCCC2)cc1. The van der Waals surface area contributed by atoms with Crippen molar-refractivity contribution in [3.63, 3.8) is 0 Å². The predicted octanol–water partition coefficient (Wildman–Crippen LogP) is 1.48. The average Bonchev–Trinajstić information content (AvgIpc) is 3.25. The molecule has 8 heteroatoms. The Morgan fingerprint density at radius 1 is 1.31 bits per heavy atom. The number of rotatable bonds is 6. The fourth-order valence-electron chi connectivity index (χ4n) is 3.67. The van der Waals surface area contributed by atoms with Gasteiger partial charge in [0.15, 0.2) is 14.9 Å². The van der Waals surface area contributed by atoms with E-state index < -0.39 is 9.84 Å². The van der Waals surface area contributed by atoms with E-state index in [-0.39, 0.29) is 23.6 Å². The molecule has 2 aliphatic heterocycles. The van der Waals surface area contributed by atoms with Crippen LogP contribution in [0.25, 0.3) is 0 Å². The number of sulfone groups is 1. The molecule has 0 amide bonds. The maximum Gasteiger partial charge on any atom is 0.166 e. The standard InChI is InChI=1S/C18H27N3O3S2/c1-24-16-6-4-14(5-7-16)17(21-9-2-3-10-21)12-19-18(25)20-15-8-11-26(22,23)13-15/h4-7,15,17H,2-3,8-13H2,1H3,(H2,19,20,25)/t15-,17+/m0/s1. The minimum Gasteiger partial charge on any atom is -0.497 e. The lowest BCUT2D eigenvalue weighted by Crippen LogP contribution is -2.45. The summed E-state index contributed by atoms with van der Waals surface area (Å²) in [4.78, 5) is 2.47. The van der Waals surface area contributed by atoms with Crippen LogP contribution in [0, 0.1) is 0 Å². The highest BCUT2D eigenvalue weighted by molar-refractivity contribution is 7.91. The van der Waals surface area contributed by atoms with Gasteiger partial charge >= 0.3 is 0 Å². The Labute approximate surface area is 161 Å². The summed E-state index contributed by atoms with van der Waals surface area (Å²) in [5.74, 6) is 1.26. The zero-order valence-corrected chi connectivity index (χ0v) is 16.7. The van der Waals surface area contributed by atoms with E-state index in [0.29, 0.717) is 18.1 Å². The van der Waals surface area contributed by atoms with Crippen molar-refractivity contribution in [3.05, 3.63) is 29.8 Å². The topological polar surface area (TPSA) is 70.7 Å². The number of nitrogens with zero attached hydrogens (tertiary/aromatic N) is 1. The van der Waals surface area contributed by atoms with E-state index >= 15 is 0 Å². The van der Waals surface area contributed by atoms with Gasteiger partial charge < -0.3 is 15.4 Å². The van der Waals surface area contributed by atoms with Crippen molar-refractivity contribution in [3.8, 4) is 5.75 Å². The van der Waals surface area contributed by atoms with Crippen LogP contribution in [0.1, 0.15) is 30.9 Å². The summed E-state index contributed by atoms with van der Waals surface area (Å²) >= 11 is 5.39. The summed E-state index contributed by atoms with van der Waals surface area (Å²) in [5, 5.41) is 6.98. The van der Waals surface area contributed by atoms with Crippen LogP contribution in [0.5, 0.6) is 5.75 Å². The zero-order chi connectivity index (χ0) is 18.6. The molecule has 0 spiro atoms. The van der Waals surface area contributed by atoms with E-state index in [2.05, 4.69) is 27.7 Å². The highest BCUT2D eigenvalue weighted by Crippen LogP contribution is 2.26. The molecular formula is C18H27N3O3S2. The molecule has 2 aliphatic rings. The Hall–Kier alpha value is -1.38. The maximum absolute atomic E-state index is 11.6. The van der Waals surface area contributed by atoms with Gasteiger partial charge in [0, 0.05) is 12.6 Å². The Bertz CT molecular complexity index is 716. The number of nitrogens with one attached hydrogen (secondary N) is 2. The van der Waals surface area contributed by atoms with Gasteiger partial charge in [0.05, 0.1) is 24.7 Å². The number of methoxy groups -OCH3 is 1. The first kappa shape index (κ1) is 19.4. The Balaban J connectivity index is 1.59. The molecule has 6 nitrogen and oxygen atoms in total. The van der Waals surface area contributed by atoms with Crippen molar-refractivity contribution in [2.24, 2.45) is 0 Å². The molecule has 2 saturated heterocycles. The van der Waals surface area contributed by atoms with Gasteiger partial charge in [-0.1, -0.05) is 12.1 Å². The van der Waals surface area contributed by atoms with Gasteiger partial charge in [-0.3, -0.25) is 4.90 Å². The number of ether oxygens (including phenoxy) is 1. The molecule has 0 unspecified atom stereocenters. The summed E-state index contributed by atoms with van der Waals surface area (Å²) in [7, 11) is -1.24. The number of thiocarbonyl (C=S) groups is 1. The third-order valence-corrected chi connectivity index (χ3v) is 7.14. The summed E-state index contributed by atoms with van der Waals surface area (Å²) in [6.45, 7) is 2.86. The lowest BCUT2D eigenvalue weighted by molar-refractivity contribution is 0.245. The van der Waals surface area contributed by atoms with Gasteiger partial charge in [0.25, 0.3) is 0 Å². The third kappa shape index (κ3) is 5.08. The van der Waals surface area contributed by atoms with E-state index in [0.717, 1.165) is 18.8 Å². The van der Waals surface area contributed by atoms with Crippen molar-refractivity contribution in [1.82, 2.24) is 15.5 Å². The van der Waals surface area contributed by atoms with Crippen molar-refractivity contribution in [1.29, 1.82) is 0 Å². The lowest BCUT2D eigenvalue weighted by atomic mass is 10.1. The molecule has 1 aromatic carbocycles. The van der Waals surface area contributed by atoms with E-state index in [1.54, 1.807) is 7.11 Å². The molecular weight excluding hydrogens is 370 g/mol. The molecule has 2 atom stereocenters. The van der Waals surface area contributed by atoms with Crippen molar-refractivity contribution in [2.45, 2.75) is 31.3 Å². The summed E-state index contributed by atoms with van der Waals surface area (Å²) < 4.78 is 28.4. The Kier molecular flexibility index (Phi) is 6.37. The molecule has 0 radical (unpaired) electrons. The second kappa shape index (κ2) is 8.54. The van der Waals surface area contributed by atoms with Crippen LogP contribution in [0.4, 0.5) is 0 Å². The first-order valence-electron chi connectivity index (χ1n) is 9.09. The molecule has 0 bridgehead atoms. The second-order valence-corrected chi connectivity index (χ2v) is 9.62. The molecule has 0 saturated carbocycles. The van der Waals surface area contributed by atoms with Gasteiger partial charge in [-0.15, -0.1) is 0 Å². The minimum absolute atomic E-state index is 0.0776. The molecule has 0 aliphatic carbocycles. The van der Waals surface area contributed by atoms with Gasteiger partial charge in [-0.25, -0.2) is 8.42 Å². The highest BCUT2D eigenvalue weighted by atomic mass is 32.2. The van der Waals surface area contributed by atoms with E-state index in [9.17, 15) is 8.42 Å². The molecule has 2 heterocycles. The molecule has 0 aromatic heterocycles. The first-order chi connectivity index (χ1) is 12.5. The number of benzene rings is 1. The van der Waals surface area contributed by atoms with Gasteiger partial charge in [-0.2, -0.15) is 0 Å². The number of hydrogen-bond donors (Lipinski definition) is 2. The normalized spacial score (nSPS) is 23.5. The zero-order valence-electron chi connectivity index (χ0n) is 15.1. The lowest BCUT2D eigenvalue weighted by Gasteiger charge is -2.29. The van der Waals surface area contributed by atoms with Gasteiger partial charge in [0.1, 0.15) is 5.75 Å². The van der Waals surface area contributed by atoms with Crippen molar-refractivity contribution in [2.75, 3.05) is 38.2 Å².